The van der Waals surface area contributed by atoms with E-state index in [1.165, 1.54) is 6.08 Å². The van der Waals surface area contributed by atoms with Crippen molar-refractivity contribution in [2.45, 2.75) is 49.7 Å². The number of nitrogens with one attached hydrogen (secondary N) is 2. The predicted octanol–water partition coefficient (Wildman–Crippen LogP) is 3.61. The molecule has 1 aliphatic carbocycles. The second-order valence-electron chi connectivity index (χ2n) is 7.73. The van der Waals surface area contributed by atoms with Crippen LogP contribution in [0, 0.1) is 5.92 Å². The van der Waals surface area contributed by atoms with Gasteiger partial charge in [0.15, 0.2) is 5.69 Å². The third-order valence-corrected chi connectivity index (χ3v) is 5.93. The highest BCUT2D eigenvalue weighted by atomic mass is 19.4. The maximum absolute atomic E-state index is 12.9. The second kappa shape index (κ2) is 7.73. The van der Waals surface area contributed by atoms with Gasteiger partial charge in [0.25, 0.3) is 5.89 Å². The molecule has 2 fully saturated rings. The van der Waals surface area contributed by atoms with Crippen LogP contribution >= 0.6 is 0 Å². The predicted molar refractivity (Wildman–Crippen MR) is 102 cm³/mol. The molecule has 1 saturated carbocycles. The van der Waals surface area contributed by atoms with Crippen LogP contribution in [0.15, 0.2) is 35.4 Å². The molecule has 1 atom stereocenters. The zero-order chi connectivity index (χ0) is 21.4. The van der Waals surface area contributed by atoms with E-state index >= 15 is 0 Å². The maximum Gasteiger partial charge on any atom is 0.391 e. The lowest BCUT2D eigenvalue weighted by Crippen LogP contribution is -2.33. The Labute approximate surface area is 171 Å². The number of alkyl halides is 3. The Balaban J connectivity index is 1.53. The van der Waals surface area contributed by atoms with Crippen LogP contribution in [0.1, 0.15) is 38.0 Å². The highest BCUT2D eigenvalue weighted by Gasteiger charge is 2.46. The molecule has 0 aromatic carbocycles. The number of rotatable bonds is 5. The molecule has 2 aromatic rings. The standard InChI is InChI=1S/C20H22F3N5O2/c1-2-19(9-11-25-17(19)29)18-28-27-16(30-18)15-14(4-3-10-24-15)26-13-7-5-12(6-8-13)20(21,22)23/h2-4,10,12-13,26H,1,5-9,11H2,(H,25,29)/t12?,13?,19-/m0/s1. The lowest BCUT2D eigenvalue weighted by molar-refractivity contribution is -0.182. The summed E-state index contributed by atoms with van der Waals surface area (Å²) in [7, 11) is 0. The van der Waals surface area contributed by atoms with E-state index in [0.717, 1.165) is 0 Å². The lowest BCUT2D eigenvalue weighted by atomic mass is 9.85. The average Bonchev–Trinajstić information content (AvgIpc) is 3.35. The topological polar surface area (TPSA) is 92.9 Å². The van der Waals surface area contributed by atoms with Gasteiger partial charge in [-0.15, -0.1) is 16.8 Å². The molecule has 2 N–H and O–H groups in total. The summed E-state index contributed by atoms with van der Waals surface area (Å²) in [5, 5.41) is 14.1. The molecule has 160 valence electrons. The molecule has 0 spiro atoms. The fourth-order valence-corrected chi connectivity index (χ4v) is 4.11. The number of nitrogens with zero attached hydrogens (tertiary/aromatic N) is 3. The van der Waals surface area contributed by atoms with Crippen LogP contribution < -0.4 is 10.6 Å². The minimum atomic E-state index is -4.14. The van der Waals surface area contributed by atoms with Gasteiger partial charge in [0.2, 0.25) is 11.8 Å². The van der Waals surface area contributed by atoms with Gasteiger partial charge in [-0.05, 0) is 44.2 Å². The van der Waals surface area contributed by atoms with Gasteiger partial charge < -0.3 is 15.1 Å². The first-order chi connectivity index (χ1) is 14.3. The molecule has 3 heterocycles. The number of anilines is 1. The normalized spacial score (nSPS) is 27.0. The molecule has 2 aromatic heterocycles. The molecule has 1 aliphatic heterocycles. The van der Waals surface area contributed by atoms with E-state index in [9.17, 15) is 18.0 Å². The Bertz CT molecular complexity index is 937. The molecule has 0 radical (unpaired) electrons. The van der Waals surface area contributed by atoms with Crippen molar-refractivity contribution in [1.29, 1.82) is 0 Å². The average molecular weight is 421 g/mol. The molecule has 2 aliphatic rings. The van der Waals surface area contributed by atoms with E-state index < -0.39 is 17.5 Å². The Morgan fingerprint density at radius 1 is 1.27 bits per heavy atom. The molecular formula is C20H22F3N5O2. The van der Waals surface area contributed by atoms with Crippen molar-refractivity contribution in [3.05, 3.63) is 36.9 Å². The number of hydrogen-bond acceptors (Lipinski definition) is 6. The summed E-state index contributed by atoms with van der Waals surface area (Å²) >= 11 is 0. The summed E-state index contributed by atoms with van der Waals surface area (Å²) in [4.78, 5) is 16.6. The Hall–Kier alpha value is -2.91. The van der Waals surface area contributed by atoms with Crippen LogP contribution in [0.25, 0.3) is 11.6 Å². The summed E-state index contributed by atoms with van der Waals surface area (Å²) in [6.07, 6.45) is 0.405. The molecule has 1 amide bonds. The highest BCUT2D eigenvalue weighted by Crippen LogP contribution is 2.39. The molecule has 1 saturated heterocycles. The number of amides is 1. The summed E-state index contributed by atoms with van der Waals surface area (Å²) in [6.45, 7) is 4.23. The monoisotopic (exact) mass is 421 g/mol. The van der Waals surface area contributed by atoms with E-state index in [0.29, 0.717) is 37.2 Å². The number of aromatic nitrogens is 3. The number of carbonyl (C=O) groups excluding carboxylic acids is 1. The first kappa shape index (κ1) is 20.4. The third kappa shape index (κ3) is 3.66. The Morgan fingerprint density at radius 2 is 2.03 bits per heavy atom. The fourth-order valence-electron chi connectivity index (χ4n) is 4.11. The van der Waals surface area contributed by atoms with E-state index in [4.69, 9.17) is 4.42 Å². The molecule has 0 bridgehead atoms. The fraction of sp³-hybridized carbons (Fsp3) is 0.500. The molecule has 30 heavy (non-hydrogen) atoms. The Kier molecular flexibility index (Phi) is 5.25. The molecule has 7 nitrogen and oxygen atoms in total. The maximum atomic E-state index is 12.9. The van der Waals surface area contributed by atoms with Crippen molar-refractivity contribution in [3.8, 4) is 11.6 Å². The van der Waals surface area contributed by atoms with Crippen LogP contribution in [0.3, 0.4) is 0 Å². The second-order valence-corrected chi connectivity index (χ2v) is 7.73. The summed E-state index contributed by atoms with van der Waals surface area (Å²) in [5.41, 5.74) is -0.0673. The van der Waals surface area contributed by atoms with Gasteiger partial charge in [-0.1, -0.05) is 6.08 Å². The van der Waals surface area contributed by atoms with Crippen LogP contribution in [-0.4, -0.2) is 39.9 Å². The van der Waals surface area contributed by atoms with Gasteiger partial charge >= 0.3 is 6.18 Å². The van der Waals surface area contributed by atoms with Crippen molar-refractivity contribution in [1.82, 2.24) is 20.5 Å². The molecular weight excluding hydrogens is 399 g/mol. The van der Waals surface area contributed by atoms with Crippen molar-refractivity contribution in [2.24, 2.45) is 5.92 Å². The van der Waals surface area contributed by atoms with Crippen LogP contribution in [0.4, 0.5) is 18.9 Å². The van der Waals surface area contributed by atoms with Gasteiger partial charge in [0.1, 0.15) is 5.41 Å². The van der Waals surface area contributed by atoms with Crippen molar-refractivity contribution < 1.29 is 22.4 Å². The van der Waals surface area contributed by atoms with Crippen LogP contribution in [-0.2, 0) is 10.2 Å². The van der Waals surface area contributed by atoms with Crippen molar-refractivity contribution in [2.75, 3.05) is 11.9 Å². The smallest absolute Gasteiger partial charge is 0.391 e. The van der Waals surface area contributed by atoms with Crippen molar-refractivity contribution >= 4 is 11.6 Å². The number of halogens is 3. The van der Waals surface area contributed by atoms with E-state index in [2.05, 4.69) is 32.4 Å². The van der Waals surface area contributed by atoms with E-state index in [1.807, 2.05) is 0 Å². The molecule has 4 rings (SSSR count). The zero-order valence-corrected chi connectivity index (χ0v) is 16.2. The summed E-state index contributed by atoms with van der Waals surface area (Å²) in [6, 6.07) is 3.39. The van der Waals surface area contributed by atoms with Gasteiger partial charge in [0, 0.05) is 18.8 Å². The van der Waals surface area contributed by atoms with Crippen molar-refractivity contribution in [3.63, 3.8) is 0 Å². The van der Waals surface area contributed by atoms with E-state index in [1.54, 1.807) is 18.3 Å². The highest BCUT2D eigenvalue weighted by molar-refractivity contribution is 5.91. The Morgan fingerprint density at radius 3 is 2.67 bits per heavy atom. The molecule has 10 heteroatoms. The molecule has 0 unspecified atom stereocenters. The SMILES string of the molecule is C=C[C@]1(c2nnc(-c3ncccc3NC3CCC(C(F)(F)F)CC3)o2)CCNC1=O. The third-order valence-electron chi connectivity index (χ3n) is 5.93. The van der Waals surface area contributed by atoms with Gasteiger partial charge in [-0.2, -0.15) is 13.2 Å². The summed E-state index contributed by atoms with van der Waals surface area (Å²) in [5.74, 6) is -1.20. The van der Waals surface area contributed by atoms with Crippen LogP contribution in [0.2, 0.25) is 0 Å². The van der Waals surface area contributed by atoms with Gasteiger partial charge in [0.05, 0.1) is 11.6 Å². The number of hydrogen-bond donors (Lipinski definition) is 2. The first-order valence-electron chi connectivity index (χ1n) is 9.88. The lowest BCUT2D eigenvalue weighted by Gasteiger charge is -2.31. The van der Waals surface area contributed by atoms with Gasteiger partial charge in [-0.25, -0.2) is 4.98 Å². The number of pyridine rings is 1. The largest absolute Gasteiger partial charge is 0.418 e. The van der Waals surface area contributed by atoms with Gasteiger partial charge in [-0.3, -0.25) is 4.79 Å². The zero-order valence-electron chi connectivity index (χ0n) is 16.2. The van der Waals surface area contributed by atoms with E-state index in [-0.39, 0.29) is 36.6 Å². The minimum Gasteiger partial charge on any atom is -0.418 e. The number of carbonyl (C=O) groups is 1. The first-order valence-corrected chi connectivity index (χ1v) is 9.88. The minimum absolute atomic E-state index is 0.0957. The quantitative estimate of drug-likeness (QED) is 0.717. The summed E-state index contributed by atoms with van der Waals surface area (Å²) < 4.78 is 44.5. The van der Waals surface area contributed by atoms with Crippen LogP contribution in [0.5, 0.6) is 0 Å².